The van der Waals surface area contributed by atoms with Crippen LogP contribution < -0.4 is 0 Å². The summed E-state index contributed by atoms with van der Waals surface area (Å²) in [6.07, 6.45) is 7.90. The summed E-state index contributed by atoms with van der Waals surface area (Å²) in [6.45, 7) is 0. The lowest BCUT2D eigenvalue weighted by Gasteiger charge is -2.01. The quantitative estimate of drug-likeness (QED) is 0.643. The van der Waals surface area contributed by atoms with Crippen LogP contribution >= 0.6 is 0 Å². The first-order valence-electron chi connectivity index (χ1n) is 6.28. The fraction of sp³-hybridized carbons (Fsp3) is 0. The maximum atomic E-state index is 13.4. The minimum atomic E-state index is -0.489. The molecule has 0 atom stereocenters. The molecular weight excluding hydrogens is 281 g/mol. The van der Waals surface area contributed by atoms with Gasteiger partial charge in [0, 0.05) is 18.6 Å². The van der Waals surface area contributed by atoms with Crippen molar-refractivity contribution >= 4 is 0 Å². The summed E-state index contributed by atoms with van der Waals surface area (Å²) in [7, 11) is 0. The van der Waals surface area contributed by atoms with E-state index in [0.717, 1.165) is 0 Å². The van der Waals surface area contributed by atoms with Gasteiger partial charge in [0.05, 0.1) is 35.3 Å². The van der Waals surface area contributed by atoms with Crippen molar-refractivity contribution in [1.82, 2.24) is 19.7 Å². The zero-order valence-electron chi connectivity index (χ0n) is 11.2. The normalized spacial score (nSPS) is 9.64. The van der Waals surface area contributed by atoms with Gasteiger partial charge in [0.15, 0.2) is 0 Å². The van der Waals surface area contributed by atoms with Crippen LogP contribution in [0.1, 0.15) is 16.8 Å². The number of aromatic nitrogens is 4. The lowest BCUT2D eigenvalue weighted by Crippen LogP contribution is -1.96. The highest BCUT2D eigenvalue weighted by molar-refractivity contribution is 5.43. The molecule has 0 N–H and O–H groups in total. The second kappa shape index (κ2) is 5.86. The van der Waals surface area contributed by atoms with Crippen LogP contribution in [0.2, 0.25) is 0 Å². The predicted molar refractivity (Wildman–Crippen MR) is 76.2 cm³/mol. The fourth-order valence-electron chi connectivity index (χ4n) is 1.80. The molecule has 2 aromatic heterocycles. The third-order valence-corrected chi connectivity index (χ3v) is 2.76. The van der Waals surface area contributed by atoms with Gasteiger partial charge < -0.3 is 0 Å². The van der Waals surface area contributed by atoms with Gasteiger partial charge in [0.2, 0.25) is 0 Å². The zero-order chi connectivity index (χ0) is 15.4. The van der Waals surface area contributed by atoms with Gasteiger partial charge in [0.25, 0.3) is 0 Å². The van der Waals surface area contributed by atoms with Crippen LogP contribution in [0, 0.1) is 29.0 Å². The van der Waals surface area contributed by atoms with Crippen molar-refractivity contribution in [2.75, 3.05) is 0 Å². The Hall–Kier alpha value is -3.51. The second-order valence-electron chi connectivity index (χ2n) is 4.32. The molecule has 6 heteroatoms. The molecule has 0 fully saturated rings. The molecule has 0 aliphatic rings. The van der Waals surface area contributed by atoms with Gasteiger partial charge in [-0.3, -0.25) is 4.98 Å². The van der Waals surface area contributed by atoms with Crippen molar-refractivity contribution in [1.29, 1.82) is 5.26 Å². The largest absolute Gasteiger partial charge is 0.260 e. The van der Waals surface area contributed by atoms with E-state index in [9.17, 15) is 4.39 Å². The van der Waals surface area contributed by atoms with Gasteiger partial charge in [-0.2, -0.15) is 10.4 Å². The van der Waals surface area contributed by atoms with Gasteiger partial charge >= 0.3 is 0 Å². The smallest absolute Gasteiger partial charge is 0.131 e. The molecule has 0 amide bonds. The minimum absolute atomic E-state index is 0.234. The van der Waals surface area contributed by atoms with E-state index in [2.05, 4.69) is 26.9 Å². The van der Waals surface area contributed by atoms with Gasteiger partial charge in [0.1, 0.15) is 11.5 Å². The van der Waals surface area contributed by atoms with Crippen molar-refractivity contribution in [3.8, 4) is 23.6 Å². The molecule has 1 aromatic carbocycles. The summed E-state index contributed by atoms with van der Waals surface area (Å²) in [6, 6.07) is 5.93. The van der Waals surface area contributed by atoms with Gasteiger partial charge in [-0.25, -0.2) is 14.1 Å². The lowest BCUT2D eigenvalue weighted by atomic mass is 10.2. The highest BCUT2D eigenvalue weighted by Gasteiger charge is 2.04. The highest BCUT2D eigenvalue weighted by atomic mass is 19.1. The van der Waals surface area contributed by atoms with Crippen molar-refractivity contribution in [2.24, 2.45) is 0 Å². The molecule has 3 aromatic rings. The van der Waals surface area contributed by atoms with Crippen LogP contribution in [0.25, 0.3) is 5.69 Å². The first-order valence-corrected chi connectivity index (χ1v) is 6.28. The van der Waals surface area contributed by atoms with Gasteiger partial charge in [-0.05, 0) is 24.1 Å². The Bertz CT molecular complexity index is 913. The number of nitrogens with zero attached hydrogens (tertiary/aromatic N) is 5. The molecular formula is C16H8FN5. The Morgan fingerprint density at radius 2 is 1.95 bits per heavy atom. The first-order chi connectivity index (χ1) is 10.7. The van der Waals surface area contributed by atoms with Crippen molar-refractivity contribution in [2.45, 2.75) is 0 Å². The lowest BCUT2D eigenvalue weighted by molar-refractivity contribution is 0.625. The Kier molecular flexibility index (Phi) is 3.59. The van der Waals surface area contributed by atoms with Crippen LogP contribution in [0.3, 0.4) is 0 Å². The Balaban J connectivity index is 1.90. The molecule has 0 aliphatic heterocycles. The Morgan fingerprint density at radius 1 is 1.05 bits per heavy atom. The van der Waals surface area contributed by atoms with Crippen molar-refractivity contribution < 1.29 is 4.39 Å². The van der Waals surface area contributed by atoms with Crippen LogP contribution in [0.5, 0.6) is 0 Å². The van der Waals surface area contributed by atoms with E-state index in [1.54, 1.807) is 37.1 Å². The van der Waals surface area contributed by atoms with E-state index >= 15 is 0 Å². The summed E-state index contributed by atoms with van der Waals surface area (Å²) < 4.78 is 14.9. The SMILES string of the molecule is N#Cc1cc(F)cc(-n2cc(C#Cc3cnccn3)cn2)c1. The summed E-state index contributed by atoms with van der Waals surface area (Å²) in [5.41, 5.74) is 1.89. The van der Waals surface area contributed by atoms with Crippen molar-refractivity contribution in [3.05, 3.63) is 71.8 Å². The summed E-state index contributed by atoms with van der Waals surface area (Å²) in [5, 5.41) is 13.0. The third kappa shape index (κ3) is 2.97. The molecule has 0 unspecified atom stereocenters. The van der Waals surface area contributed by atoms with Crippen LogP contribution in [-0.2, 0) is 0 Å². The maximum absolute atomic E-state index is 13.4. The van der Waals surface area contributed by atoms with E-state index in [0.29, 0.717) is 16.9 Å². The standard InChI is InChI=1S/C16H8FN5/c17-14-5-13(8-18)6-16(7-14)22-11-12(9-21-22)1-2-15-10-19-3-4-20-15/h3-7,9-11H. The molecule has 5 nitrogen and oxygen atoms in total. The molecule has 3 rings (SSSR count). The van der Waals surface area contributed by atoms with E-state index < -0.39 is 5.82 Å². The molecule has 0 bridgehead atoms. The molecule has 0 aliphatic carbocycles. The van der Waals surface area contributed by atoms with E-state index in [4.69, 9.17) is 5.26 Å². The van der Waals surface area contributed by atoms with Crippen LogP contribution in [0.15, 0.2) is 49.2 Å². The highest BCUT2D eigenvalue weighted by Crippen LogP contribution is 2.13. The maximum Gasteiger partial charge on any atom is 0.131 e. The van der Waals surface area contributed by atoms with Gasteiger partial charge in [-0.15, -0.1) is 0 Å². The van der Waals surface area contributed by atoms with E-state index in [1.165, 1.54) is 16.8 Å². The molecule has 0 spiro atoms. The summed E-state index contributed by atoms with van der Waals surface area (Å²) >= 11 is 0. The summed E-state index contributed by atoms with van der Waals surface area (Å²) in [5.74, 6) is 5.27. The summed E-state index contributed by atoms with van der Waals surface area (Å²) in [4.78, 5) is 7.96. The fourth-order valence-corrected chi connectivity index (χ4v) is 1.80. The topological polar surface area (TPSA) is 67.4 Å². The van der Waals surface area contributed by atoms with E-state index in [1.807, 2.05) is 6.07 Å². The molecule has 22 heavy (non-hydrogen) atoms. The number of nitriles is 1. The van der Waals surface area contributed by atoms with Crippen LogP contribution in [-0.4, -0.2) is 19.7 Å². The molecule has 0 radical (unpaired) electrons. The third-order valence-electron chi connectivity index (χ3n) is 2.76. The number of benzene rings is 1. The van der Waals surface area contributed by atoms with Crippen LogP contribution in [0.4, 0.5) is 4.39 Å². The Morgan fingerprint density at radius 3 is 2.73 bits per heavy atom. The molecule has 0 saturated carbocycles. The number of rotatable bonds is 1. The minimum Gasteiger partial charge on any atom is -0.260 e. The number of hydrogen-bond donors (Lipinski definition) is 0. The van der Waals surface area contributed by atoms with E-state index in [-0.39, 0.29) is 5.56 Å². The zero-order valence-corrected chi connectivity index (χ0v) is 11.2. The molecule has 104 valence electrons. The van der Waals surface area contributed by atoms with Gasteiger partial charge in [-0.1, -0.05) is 5.92 Å². The molecule has 0 saturated heterocycles. The number of halogens is 1. The van der Waals surface area contributed by atoms with Crippen molar-refractivity contribution in [3.63, 3.8) is 0 Å². The molecule has 2 heterocycles. The average molecular weight is 289 g/mol. The second-order valence-corrected chi connectivity index (χ2v) is 4.32. The first kappa shape index (κ1) is 13.5. The predicted octanol–water partition coefficient (Wildman–Crippen LogP) is 2.07. The number of hydrogen-bond acceptors (Lipinski definition) is 4. The average Bonchev–Trinajstić information content (AvgIpc) is 3.02. The monoisotopic (exact) mass is 289 g/mol. The Labute approximate surface area is 125 Å².